The van der Waals surface area contributed by atoms with Gasteiger partial charge in [0.05, 0.1) is 5.04 Å². The number of benzene rings is 1. The van der Waals surface area contributed by atoms with E-state index in [1.807, 2.05) is 35.7 Å². The van der Waals surface area contributed by atoms with E-state index in [2.05, 4.69) is 4.99 Å². The van der Waals surface area contributed by atoms with E-state index >= 15 is 0 Å². The lowest BCUT2D eigenvalue weighted by Gasteiger charge is -2.04. The molecule has 19 heavy (non-hydrogen) atoms. The molecule has 0 fully saturated rings. The van der Waals surface area contributed by atoms with E-state index in [9.17, 15) is 4.79 Å². The minimum Gasteiger partial charge on any atom is -0.422 e. The first kappa shape index (κ1) is 12.4. The van der Waals surface area contributed by atoms with Crippen molar-refractivity contribution in [3.05, 3.63) is 52.2 Å². The Balaban J connectivity index is 1.71. The summed E-state index contributed by atoms with van der Waals surface area (Å²) < 4.78 is 5.30. The fourth-order valence-electron chi connectivity index (χ4n) is 1.73. The van der Waals surface area contributed by atoms with Crippen LogP contribution in [-0.4, -0.2) is 23.3 Å². The first-order valence-corrected chi connectivity index (χ1v) is 7.73. The normalized spacial score (nSPS) is 14.2. The summed E-state index contributed by atoms with van der Waals surface area (Å²) >= 11 is 3.13. The zero-order valence-electron chi connectivity index (χ0n) is 10.0. The van der Waals surface area contributed by atoms with Gasteiger partial charge in [-0.25, -0.2) is 4.79 Å². The summed E-state index contributed by atoms with van der Waals surface area (Å²) in [7, 11) is 0. The fraction of sp³-hybridized carbons (Fsp3) is 0.143. The lowest BCUT2D eigenvalue weighted by molar-refractivity contribution is 0.0740. The smallest absolute Gasteiger partial charge is 0.353 e. The Morgan fingerprint density at radius 1 is 1.21 bits per heavy atom. The molecule has 2 aromatic rings. The molecule has 0 unspecified atom stereocenters. The van der Waals surface area contributed by atoms with Crippen molar-refractivity contribution in [3.63, 3.8) is 0 Å². The van der Waals surface area contributed by atoms with Crippen LogP contribution < -0.4 is 4.74 Å². The second-order valence-electron chi connectivity index (χ2n) is 3.93. The molecule has 0 radical (unpaired) electrons. The molecular formula is C14H11NO2S2. The molecule has 0 bridgehead atoms. The molecular weight excluding hydrogens is 278 g/mol. The van der Waals surface area contributed by atoms with Crippen LogP contribution in [0.4, 0.5) is 0 Å². The number of aliphatic imine (C=N–C) groups is 1. The van der Waals surface area contributed by atoms with Gasteiger partial charge in [0, 0.05) is 17.9 Å². The van der Waals surface area contributed by atoms with E-state index in [1.54, 1.807) is 17.8 Å². The molecule has 2 heterocycles. The van der Waals surface area contributed by atoms with Gasteiger partial charge in [-0.15, -0.1) is 23.1 Å². The van der Waals surface area contributed by atoms with E-state index in [0.29, 0.717) is 10.6 Å². The van der Waals surface area contributed by atoms with Crippen LogP contribution in [0.25, 0.3) is 0 Å². The van der Waals surface area contributed by atoms with E-state index in [4.69, 9.17) is 4.74 Å². The highest BCUT2D eigenvalue weighted by molar-refractivity contribution is 8.14. The van der Waals surface area contributed by atoms with Crippen LogP contribution >= 0.6 is 23.1 Å². The van der Waals surface area contributed by atoms with Gasteiger partial charge in [-0.1, -0.05) is 6.07 Å². The van der Waals surface area contributed by atoms with Gasteiger partial charge in [0.25, 0.3) is 0 Å². The van der Waals surface area contributed by atoms with Gasteiger partial charge in [0.2, 0.25) is 0 Å². The van der Waals surface area contributed by atoms with Crippen LogP contribution in [-0.2, 0) is 0 Å². The molecule has 1 aromatic carbocycles. The first-order chi connectivity index (χ1) is 9.33. The summed E-state index contributed by atoms with van der Waals surface area (Å²) in [6.45, 7) is 0.884. The van der Waals surface area contributed by atoms with Crippen molar-refractivity contribution in [3.8, 4) is 5.75 Å². The lowest BCUT2D eigenvalue weighted by Crippen LogP contribution is -2.06. The number of esters is 1. The van der Waals surface area contributed by atoms with Crippen molar-refractivity contribution >= 4 is 34.1 Å². The van der Waals surface area contributed by atoms with Gasteiger partial charge < -0.3 is 4.74 Å². The van der Waals surface area contributed by atoms with E-state index in [0.717, 1.165) is 22.9 Å². The number of thiophene rings is 1. The molecule has 96 valence electrons. The number of carbonyl (C=O) groups is 1. The summed E-state index contributed by atoms with van der Waals surface area (Å²) in [5, 5.41) is 2.92. The van der Waals surface area contributed by atoms with Crippen LogP contribution in [0.15, 0.2) is 46.8 Å². The average Bonchev–Trinajstić information content (AvgIpc) is 3.13. The number of nitrogens with zero attached hydrogens (tertiary/aromatic N) is 1. The van der Waals surface area contributed by atoms with Gasteiger partial charge in [0.1, 0.15) is 10.6 Å². The van der Waals surface area contributed by atoms with E-state index < -0.39 is 0 Å². The quantitative estimate of drug-likeness (QED) is 0.641. The van der Waals surface area contributed by atoms with Crippen molar-refractivity contribution < 1.29 is 9.53 Å². The summed E-state index contributed by atoms with van der Waals surface area (Å²) in [6, 6.07) is 11.1. The largest absolute Gasteiger partial charge is 0.422 e. The van der Waals surface area contributed by atoms with Crippen LogP contribution in [0.2, 0.25) is 0 Å². The molecule has 0 saturated carbocycles. The standard InChI is InChI=1S/C14H11NO2S2/c16-14(12-2-1-8-18-12)17-11-5-3-10(4-6-11)13-15-7-9-19-13/h1-6,8H,7,9H2. The van der Waals surface area contributed by atoms with Gasteiger partial charge in [-0.2, -0.15) is 0 Å². The Kier molecular flexibility index (Phi) is 3.66. The predicted octanol–water partition coefficient (Wildman–Crippen LogP) is 3.46. The fourth-order valence-corrected chi connectivity index (χ4v) is 3.19. The zero-order chi connectivity index (χ0) is 13.1. The van der Waals surface area contributed by atoms with Gasteiger partial charge >= 0.3 is 5.97 Å². The number of carbonyl (C=O) groups excluding carboxylic acids is 1. The maximum Gasteiger partial charge on any atom is 0.353 e. The maximum atomic E-state index is 11.8. The second-order valence-corrected chi connectivity index (χ2v) is 5.96. The van der Waals surface area contributed by atoms with Crippen LogP contribution in [0.5, 0.6) is 5.75 Å². The Morgan fingerprint density at radius 2 is 2.05 bits per heavy atom. The SMILES string of the molecule is O=C(Oc1ccc(C2=NCCS2)cc1)c1cccs1. The number of thioether (sulfide) groups is 1. The highest BCUT2D eigenvalue weighted by Crippen LogP contribution is 2.22. The average molecular weight is 289 g/mol. The van der Waals surface area contributed by atoms with Gasteiger partial charge in [-0.05, 0) is 35.7 Å². The summed E-state index contributed by atoms with van der Waals surface area (Å²) in [5.74, 6) is 1.30. The predicted molar refractivity (Wildman–Crippen MR) is 79.6 cm³/mol. The van der Waals surface area contributed by atoms with Crippen molar-refractivity contribution in [1.29, 1.82) is 0 Å². The monoisotopic (exact) mass is 289 g/mol. The number of hydrogen-bond donors (Lipinski definition) is 0. The second kappa shape index (κ2) is 5.59. The molecule has 3 rings (SSSR count). The lowest BCUT2D eigenvalue weighted by atomic mass is 10.2. The topological polar surface area (TPSA) is 38.7 Å². The number of hydrogen-bond acceptors (Lipinski definition) is 5. The first-order valence-electron chi connectivity index (χ1n) is 5.86. The molecule has 1 aliphatic rings. The van der Waals surface area contributed by atoms with E-state index in [1.165, 1.54) is 11.3 Å². The molecule has 0 amide bonds. The summed E-state index contributed by atoms with van der Waals surface area (Å²) in [6.07, 6.45) is 0. The van der Waals surface area contributed by atoms with Crippen molar-refractivity contribution in [2.45, 2.75) is 0 Å². The molecule has 0 spiro atoms. The highest BCUT2D eigenvalue weighted by Gasteiger charge is 2.12. The molecule has 0 N–H and O–H groups in total. The minimum atomic E-state index is -0.310. The Hall–Kier alpha value is -1.59. The zero-order valence-corrected chi connectivity index (χ0v) is 11.7. The van der Waals surface area contributed by atoms with Gasteiger partial charge in [0.15, 0.2) is 0 Å². The minimum absolute atomic E-state index is 0.310. The van der Waals surface area contributed by atoms with Crippen LogP contribution in [0, 0.1) is 0 Å². The summed E-state index contributed by atoms with van der Waals surface area (Å²) in [5.41, 5.74) is 1.08. The van der Waals surface area contributed by atoms with Gasteiger partial charge in [-0.3, -0.25) is 4.99 Å². The highest BCUT2D eigenvalue weighted by atomic mass is 32.2. The number of ether oxygens (including phenoxy) is 1. The Morgan fingerprint density at radius 3 is 2.68 bits per heavy atom. The van der Waals surface area contributed by atoms with Crippen molar-refractivity contribution in [1.82, 2.24) is 0 Å². The van der Waals surface area contributed by atoms with E-state index in [-0.39, 0.29) is 5.97 Å². The van der Waals surface area contributed by atoms with Crippen molar-refractivity contribution in [2.75, 3.05) is 12.3 Å². The van der Waals surface area contributed by atoms with Crippen LogP contribution in [0.3, 0.4) is 0 Å². The molecule has 0 atom stereocenters. The summed E-state index contributed by atoms with van der Waals surface area (Å²) in [4.78, 5) is 16.8. The third-order valence-corrected chi connectivity index (χ3v) is 4.49. The molecule has 1 aromatic heterocycles. The van der Waals surface area contributed by atoms with Crippen molar-refractivity contribution in [2.24, 2.45) is 4.99 Å². The molecule has 1 aliphatic heterocycles. The Bertz CT molecular complexity index is 603. The molecule has 3 nitrogen and oxygen atoms in total. The van der Waals surface area contributed by atoms with Crippen LogP contribution in [0.1, 0.15) is 15.2 Å². The third-order valence-electron chi connectivity index (χ3n) is 2.62. The number of rotatable bonds is 3. The molecule has 5 heteroatoms. The Labute approximate surface area is 119 Å². The third kappa shape index (κ3) is 2.88. The molecule has 0 aliphatic carbocycles. The maximum absolute atomic E-state index is 11.8. The molecule has 0 saturated heterocycles.